The number of hydrogen-bond acceptors (Lipinski definition) is 9. The molecule has 4 N–H and O–H groups in total. The van der Waals surface area contributed by atoms with E-state index in [9.17, 15) is 24.9 Å². The van der Waals surface area contributed by atoms with Crippen molar-refractivity contribution in [3.05, 3.63) is 47.5 Å². The number of morpholine rings is 1. The molecule has 5 fully saturated rings. The highest BCUT2D eigenvalue weighted by molar-refractivity contribution is 5.92. The zero-order chi connectivity index (χ0) is 33.6. The number of aliphatic hydroxyl groups excluding tert-OH is 2. The predicted molar refractivity (Wildman–Crippen MR) is 176 cm³/mol. The molecule has 11 nitrogen and oxygen atoms in total. The highest BCUT2D eigenvalue weighted by Crippen LogP contribution is 2.61. The average Bonchev–Trinajstić information content (AvgIpc) is 3.44. The van der Waals surface area contributed by atoms with E-state index in [0.717, 1.165) is 12.1 Å². The smallest absolute Gasteiger partial charge is 0.335 e. The molecular weight excluding hydrogens is 602 g/mol. The molecule has 8 atom stereocenters. The Kier molecular flexibility index (Phi) is 9.57. The third-order valence-electron chi connectivity index (χ3n) is 11.5. The number of hydroxylamine groups is 2. The summed E-state index contributed by atoms with van der Waals surface area (Å²) in [5, 5.41) is 35.9. The Labute approximate surface area is 276 Å². The molecule has 1 amide bonds. The maximum absolute atomic E-state index is 14.1. The molecule has 5 aliphatic rings. The summed E-state index contributed by atoms with van der Waals surface area (Å²) in [4.78, 5) is 34.6. The second-order valence-electron chi connectivity index (χ2n) is 14.4. The number of anilines is 1. The van der Waals surface area contributed by atoms with Crippen molar-refractivity contribution in [1.29, 1.82) is 0 Å². The molecule has 2 aliphatic heterocycles. The van der Waals surface area contributed by atoms with E-state index in [1.165, 1.54) is 6.42 Å². The van der Waals surface area contributed by atoms with Gasteiger partial charge in [-0.05, 0) is 66.7 Å². The van der Waals surface area contributed by atoms with Crippen molar-refractivity contribution < 1.29 is 39.2 Å². The Morgan fingerprint density at radius 1 is 1.15 bits per heavy atom. The second kappa shape index (κ2) is 13.4. The number of ether oxygens (including phenoxy) is 2. The number of hydrogen-bond donors (Lipinski definition) is 4. The molecule has 2 saturated heterocycles. The lowest BCUT2D eigenvalue weighted by Crippen LogP contribution is -2.62. The Balaban J connectivity index is 1.30. The van der Waals surface area contributed by atoms with Crippen molar-refractivity contribution in [3.63, 3.8) is 0 Å². The van der Waals surface area contributed by atoms with E-state index >= 15 is 0 Å². The minimum atomic E-state index is -1.02. The fourth-order valence-corrected chi connectivity index (χ4v) is 8.72. The minimum absolute atomic E-state index is 0.0315. The number of methoxy groups -OCH3 is 1. The van der Waals surface area contributed by atoms with Crippen LogP contribution < -0.4 is 15.0 Å². The molecule has 2 bridgehead atoms. The van der Waals surface area contributed by atoms with Crippen LogP contribution in [0.3, 0.4) is 0 Å². The van der Waals surface area contributed by atoms with Gasteiger partial charge in [-0.3, -0.25) is 9.63 Å². The van der Waals surface area contributed by atoms with Gasteiger partial charge in [-0.1, -0.05) is 39.0 Å². The topological polar surface area (TPSA) is 141 Å². The van der Waals surface area contributed by atoms with Gasteiger partial charge in [0.1, 0.15) is 17.9 Å². The van der Waals surface area contributed by atoms with E-state index in [1.54, 1.807) is 31.2 Å². The first-order valence-electron chi connectivity index (χ1n) is 16.8. The predicted octanol–water partition coefficient (Wildman–Crippen LogP) is 3.56. The molecular formula is C36H49N3O8. The van der Waals surface area contributed by atoms with Crippen LogP contribution in [0.1, 0.15) is 56.5 Å². The highest BCUT2D eigenvalue weighted by Gasteiger charge is 2.57. The van der Waals surface area contributed by atoms with Gasteiger partial charge in [0.25, 0.3) is 0 Å². The molecule has 0 aromatic heterocycles. The van der Waals surface area contributed by atoms with Crippen LogP contribution in [0.15, 0.2) is 36.4 Å². The number of fused-ring (bicyclic) bond motifs is 2. The van der Waals surface area contributed by atoms with Crippen LogP contribution in [0.25, 0.3) is 11.1 Å². The third-order valence-corrected chi connectivity index (χ3v) is 11.5. The minimum Gasteiger partial charge on any atom is -0.496 e. The maximum Gasteiger partial charge on any atom is 0.335 e. The number of aromatic carboxylic acids is 1. The number of rotatable bonds is 10. The summed E-state index contributed by atoms with van der Waals surface area (Å²) in [5.74, 6) is 0.0746. The first kappa shape index (κ1) is 33.7. The summed E-state index contributed by atoms with van der Waals surface area (Å²) < 4.78 is 11.5. The van der Waals surface area contributed by atoms with Crippen LogP contribution in [0, 0.1) is 29.1 Å². The number of aliphatic hydroxyl groups is 2. The number of para-hydroxylation sites is 1. The summed E-state index contributed by atoms with van der Waals surface area (Å²) >= 11 is 0. The van der Waals surface area contributed by atoms with Crippen LogP contribution >= 0.6 is 0 Å². The van der Waals surface area contributed by atoms with Gasteiger partial charge in [-0.15, -0.1) is 0 Å². The van der Waals surface area contributed by atoms with Crippen LogP contribution in [-0.2, 0) is 20.9 Å². The number of nitrogens with one attached hydrogen (secondary N) is 1. The molecule has 3 aliphatic carbocycles. The number of carboxylic acid groups (broad SMARTS) is 1. The fraction of sp³-hybridized carbons (Fsp3) is 0.611. The van der Waals surface area contributed by atoms with E-state index < -0.39 is 30.1 Å². The van der Waals surface area contributed by atoms with Gasteiger partial charge >= 0.3 is 5.97 Å². The molecule has 256 valence electrons. The van der Waals surface area contributed by atoms with E-state index in [2.05, 4.69) is 31.0 Å². The Hall–Kier alpha value is -3.22. The average molecular weight is 652 g/mol. The van der Waals surface area contributed by atoms with Crippen molar-refractivity contribution in [1.82, 2.24) is 10.4 Å². The lowest BCUT2D eigenvalue weighted by molar-refractivity contribution is -0.183. The molecule has 0 spiro atoms. The molecule has 0 radical (unpaired) electrons. The maximum atomic E-state index is 14.1. The van der Waals surface area contributed by atoms with Crippen LogP contribution in [0.2, 0.25) is 0 Å². The Bertz CT molecular complexity index is 1470. The molecule has 11 heteroatoms. The second-order valence-corrected chi connectivity index (χ2v) is 14.4. The highest BCUT2D eigenvalue weighted by atomic mass is 16.7. The fourth-order valence-electron chi connectivity index (χ4n) is 8.72. The van der Waals surface area contributed by atoms with Gasteiger partial charge in [0.15, 0.2) is 0 Å². The summed E-state index contributed by atoms with van der Waals surface area (Å²) in [6.07, 6.45) is 0.445. The van der Waals surface area contributed by atoms with Crippen molar-refractivity contribution >= 4 is 17.6 Å². The largest absolute Gasteiger partial charge is 0.496 e. The molecule has 2 aromatic rings. The number of carboxylic acids is 1. The van der Waals surface area contributed by atoms with Crippen molar-refractivity contribution in [3.8, 4) is 16.9 Å². The van der Waals surface area contributed by atoms with E-state index in [0.29, 0.717) is 66.5 Å². The standard InChI is InChI=1S/C36H49N3O8/c1-20-28-16-25(36(28,3)4)17-29(20)37-34(42)32-31(21(2)41)30(19-40)47-39(32)18-22-7-6-8-27(33(22)45-5)23-13-24(35(43)44)15-26(14-23)38-9-11-46-12-10-38/h6-8,13-15,20-21,25,28-32,40-41H,9-12,16-19H2,1-5H3,(H,37,42)(H,43,44)/t20-,21-,25-,28+,29-,30-,31+,32-/m0/s1. The molecule has 3 saturated carbocycles. The normalized spacial score (nSPS) is 30.8. The quantitative estimate of drug-likeness (QED) is 0.302. The number of carbonyl (C=O) groups is 2. The lowest BCUT2D eigenvalue weighted by Gasteiger charge is -2.62. The van der Waals surface area contributed by atoms with Gasteiger partial charge in [-0.25, -0.2) is 4.79 Å². The number of carbonyl (C=O) groups excluding carboxylic acids is 1. The summed E-state index contributed by atoms with van der Waals surface area (Å²) in [7, 11) is 1.56. The van der Waals surface area contributed by atoms with Gasteiger partial charge in [-0.2, -0.15) is 5.06 Å². The SMILES string of the molecule is COc1c(CN2O[C@@H](CO)[C@@H]([C@H](C)O)[C@H]2C(=O)N[C@H]2C[C@@H]3C[C@H]([C@@H]2C)C3(C)C)cccc1-c1cc(C(=O)O)cc(N2CCOCC2)c1. The van der Waals surface area contributed by atoms with Gasteiger partial charge < -0.3 is 35.0 Å². The number of nitrogens with zero attached hydrogens (tertiary/aromatic N) is 2. The van der Waals surface area contributed by atoms with Crippen molar-refractivity contribution in [2.24, 2.45) is 29.1 Å². The van der Waals surface area contributed by atoms with Crippen LogP contribution in [-0.4, -0.2) is 96.6 Å². The van der Waals surface area contributed by atoms with E-state index in [-0.39, 0.29) is 36.1 Å². The summed E-state index contributed by atoms with van der Waals surface area (Å²) in [6.45, 7) is 10.7. The number of benzene rings is 2. The van der Waals surface area contributed by atoms with Gasteiger partial charge in [0.05, 0.1) is 45.1 Å². The van der Waals surface area contributed by atoms with Crippen LogP contribution in [0.4, 0.5) is 5.69 Å². The van der Waals surface area contributed by atoms with Crippen molar-refractivity contribution in [2.45, 2.75) is 71.4 Å². The monoisotopic (exact) mass is 651 g/mol. The molecule has 2 aromatic carbocycles. The Morgan fingerprint density at radius 2 is 1.89 bits per heavy atom. The lowest BCUT2D eigenvalue weighted by atomic mass is 9.45. The van der Waals surface area contributed by atoms with Crippen LogP contribution in [0.5, 0.6) is 5.75 Å². The third kappa shape index (κ3) is 6.24. The van der Waals surface area contributed by atoms with Gasteiger partial charge in [0, 0.05) is 41.9 Å². The molecule has 2 heterocycles. The zero-order valence-corrected chi connectivity index (χ0v) is 28.0. The molecule has 0 unspecified atom stereocenters. The van der Waals surface area contributed by atoms with E-state index in [4.69, 9.17) is 14.3 Å². The zero-order valence-electron chi connectivity index (χ0n) is 28.0. The summed E-state index contributed by atoms with van der Waals surface area (Å²) in [6, 6.07) is 10.1. The summed E-state index contributed by atoms with van der Waals surface area (Å²) in [5.41, 5.74) is 3.34. The van der Waals surface area contributed by atoms with E-state index in [1.807, 2.05) is 24.3 Å². The molecule has 7 rings (SSSR count). The first-order valence-corrected chi connectivity index (χ1v) is 16.8. The van der Waals surface area contributed by atoms with Crippen molar-refractivity contribution in [2.75, 3.05) is 44.9 Å². The van der Waals surface area contributed by atoms with Gasteiger partial charge in [0.2, 0.25) is 5.91 Å². The number of amides is 1. The first-order chi connectivity index (χ1) is 22.4. The Morgan fingerprint density at radius 3 is 2.51 bits per heavy atom. The molecule has 47 heavy (non-hydrogen) atoms.